The third kappa shape index (κ3) is 3.68. The van der Waals surface area contributed by atoms with Gasteiger partial charge in [0, 0.05) is 10.2 Å². The number of hydrogen-bond acceptors (Lipinski definition) is 4. The molecule has 1 aromatic carbocycles. The average Bonchev–Trinajstić information content (AvgIpc) is 2.82. The number of anilines is 1. The topological polar surface area (TPSA) is 79.3 Å². The van der Waals surface area contributed by atoms with Crippen molar-refractivity contribution in [3.05, 3.63) is 44.3 Å². The van der Waals surface area contributed by atoms with Gasteiger partial charge in [-0.25, -0.2) is 9.78 Å². The van der Waals surface area contributed by atoms with Gasteiger partial charge in [-0.1, -0.05) is 15.9 Å². The molecule has 2 rings (SSSR count). The zero-order chi connectivity index (χ0) is 15.6. The van der Waals surface area contributed by atoms with Crippen LogP contribution in [0.5, 0.6) is 0 Å². The van der Waals surface area contributed by atoms with E-state index in [0.29, 0.717) is 16.4 Å². The molecule has 5 nitrogen and oxygen atoms in total. The average molecular weight is 369 g/mol. The van der Waals surface area contributed by atoms with Gasteiger partial charge < -0.3 is 10.4 Å². The molecule has 0 bridgehead atoms. The summed E-state index contributed by atoms with van der Waals surface area (Å²) in [5, 5.41) is 12.3. The first kappa shape index (κ1) is 15.7. The molecule has 1 heterocycles. The van der Waals surface area contributed by atoms with Gasteiger partial charge in [-0.2, -0.15) is 0 Å². The van der Waals surface area contributed by atoms with Gasteiger partial charge in [0.05, 0.1) is 11.6 Å². The van der Waals surface area contributed by atoms with Crippen LogP contribution < -0.4 is 5.32 Å². The lowest BCUT2D eigenvalue weighted by Crippen LogP contribution is -2.18. The number of carboxylic acid groups (broad SMARTS) is 1. The van der Waals surface area contributed by atoms with Gasteiger partial charge in [-0.05, 0) is 38.1 Å². The van der Waals surface area contributed by atoms with Crippen molar-refractivity contribution in [2.24, 2.45) is 0 Å². The summed E-state index contributed by atoms with van der Waals surface area (Å²) in [6.07, 6.45) is 0. The van der Waals surface area contributed by atoms with Crippen LogP contribution in [0.2, 0.25) is 0 Å². The van der Waals surface area contributed by atoms with Crippen LogP contribution in [0.1, 0.15) is 33.2 Å². The van der Waals surface area contributed by atoms with Crippen molar-refractivity contribution in [2.45, 2.75) is 19.8 Å². The highest BCUT2D eigenvalue weighted by molar-refractivity contribution is 9.10. The van der Waals surface area contributed by atoms with Crippen LogP contribution in [0.25, 0.3) is 0 Å². The van der Waals surface area contributed by atoms with E-state index in [1.807, 2.05) is 12.1 Å². The highest BCUT2D eigenvalue weighted by Crippen LogP contribution is 2.26. The molecule has 21 heavy (non-hydrogen) atoms. The number of amides is 1. The predicted molar refractivity (Wildman–Crippen MR) is 85.0 cm³/mol. The van der Waals surface area contributed by atoms with Crippen molar-refractivity contribution in [3.63, 3.8) is 0 Å². The molecule has 0 radical (unpaired) electrons. The molecule has 1 aromatic heterocycles. The molecule has 0 aliphatic rings. The number of carbonyl (C=O) groups excluding carboxylic acids is 1. The van der Waals surface area contributed by atoms with E-state index in [1.54, 1.807) is 26.0 Å². The Labute approximate surface area is 134 Å². The molecular formula is C14H13BrN2O3S. The summed E-state index contributed by atoms with van der Waals surface area (Å²) >= 11 is 4.36. The van der Waals surface area contributed by atoms with Gasteiger partial charge in [0.2, 0.25) is 5.91 Å². The summed E-state index contributed by atoms with van der Waals surface area (Å²) in [6, 6.07) is 7.22. The second kappa shape index (κ2) is 6.36. The van der Waals surface area contributed by atoms with Crippen molar-refractivity contribution < 1.29 is 14.7 Å². The smallest absolute Gasteiger partial charge is 0.347 e. The molecule has 2 N–H and O–H groups in total. The van der Waals surface area contributed by atoms with E-state index >= 15 is 0 Å². The molecule has 0 aliphatic heterocycles. The Kier molecular flexibility index (Phi) is 4.74. The van der Waals surface area contributed by atoms with Crippen LogP contribution in [0.4, 0.5) is 5.69 Å². The summed E-state index contributed by atoms with van der Waals surface area (Å²) in [4.78, 5) is 27.6. The SMILES string of the molecule is Cc1nc([C@@H](C)C(=O)Nc2ccc(Br)cc2)sc1C(=O)O. The summed E-state index contributed by atoms with van der Waals surface area (Å²) in [7, 11) is 0. The Morgan fingerprint density at radius 2 is 1.95 bits per heavy atom. The molecule has 0 fully saturated rings. The molecule has 0 unspecified atom stereocenters. The van der Waals surface area contributed by atoms with Crippen LogP contribution in [0.15, 0.2) is 28.7 Å². The summed E-state index contributed by atoms with van der Waals surface area (Å²) in [5.41, 5.74) is 1.12. The maximum atomic E-state index is 12.2. The third-order valence-corrected chi connectivity index (χ3v) is 4.74. The number of carboxylic acids is 1. The van der Waals surface area contributed by atoms with Gasteiger partial charge in [-0.3, -0.25) is 4.79 Å². The number of aryl methyl sites for hydroxylation is 1. The lowest BCUT2D eigenvalue weighted by molar-refractivity contribution is -0.117. The zero-order valence-corrected chi connectivity index (χ0v) is 13.8. The number of hydrogen-bond donors (Lipinski definition) is 2. The fourth-order valence-corrected chi connectivity index (χ4v) is 2.92. The van der Waals surface area contributed by atoms with Gasteiger partial charge in [0.15, 0.2) is 0 Å². The quantitative estimate of drug-likeness (QED) is 0.862. The Bertz CT molecular complexity index is 682. The molecule has 1 amide bonds. The van der Waals surface area contributed by atoms with Crippen LogP contribution in [-0.4, -0.2) is 22.0 Å². The molecule has 7 heteroatoms. The highest BCUT2D eigenvalue weighted by atomic mass is 79.9. The van der Waals surface area contributed by atoms with E-state index in [9.17, 15) is 9.59 Å². The van der Waals surface area contributed by atoms with E-state index in [0.717, 1.165) is 15.8 Å². The minimum absolute atomic E-state index is 0.174. The molecule has 2 aromatic rings. The zero-order valence-electron chi connectivity index (χ0n) is 11.4. The number of aromatic nitrogens is 1. The summed E-state index contributed by atoms with van der Waals surface area (Å²) in [6.45, 7) is 3.33. The Hall–Kier alpha value is -1.73. The Morgan fingerprint density at radius 3 is 2.48 bits per heavy atom. The van der Waals surface area contributed by atoms with E-state index < -0.39 is 11.9 Å². The molecule has 0 saturated carbocycles. The van der Waals surface area contributed by atoms with E-state index in [1.165, 1.54) is 0 Å². The standard InChI is InChI=1S/C14H13BrN2O3S/c1-7(13-16-8(2)11(21-13)14(19)20)12(18)17-10-5-3-9(15)4-6-10/h3-7H,1-2H3,(H,17,18)(H,19,20)/t7-/m0/s1. The number of aromatic carboxylic acids is 1. The van der Waals surface area contributed by atoms with E-state index in [4.69, 9.17) is 5.11 Å². The van der Waals surface area contributed by atoms with Crippen molar-refractivity contribution in [3.8, 4) is 0 Å². The summed E-state index contributed by atoms with van der Waals surface area (Å²) in [5.74, 6) is -1.75. The number of halogens is 1. The first-order chi connectivity index (χ1) is 9.88. The summed E-state index contributed by atoms with van der Waals surface area (Å²) < 4.78 is 0.926. The van der Waals surface area contributed by atoms with Gasteiger partial charge in [0.25, 0.3) is 0 Å². The number of thiazole rings is 1. The van der Waals surface area contributed by atoms with E-state index in [-0.39, 0.29) is 10.8 Å². The number of benzene rings is 1. The normalized spacial score (nSPS) is 12.0. The fourth-order valence-electron chi connectivity index (χ4n) is 1.70. The van der Waals surface area contributed by atoms with Crippen molar-refractivity contribution >= 4 is 44.8 Å². The molecular weight excluding hydrogens is 356 g/mol. The molecule has 110 valence electrons. The van der Waals surface area contributed by atoms with Crippen LogP contribution in [0.3, 0.4) is 0 Å². The minimum Gasteiger partial charge on any atom is -0.477 e. The van der Waals surface area contributed by atoms with Gasteiger partial charge in [-0.15, -0.1) is 11.3 Å². The highest BCUT2D eigenvalue weighted by Gasteiger charge is 2.22. The van der Waals surface area contributed by atoms with Gasteiger partial charge in [0.1, 0.15) is 9.88 Å². The Balaban J connectivity index is 2.13. The van der Waals surface area contributed by atoms with Crippen molar-refractivity contribution in [1.82, 2.24) is 4.98 Å². The second-order valence-corrected chi connectivity index (χ2v) is 6.44. The molecule has 0 aliphatic carbocycles. The molecule has 0 spiro atoms. The lowest BCUT2D eigenvalue weighted by Gasteiger charge is -2.09. The monoisotopic (exact) mass is 368 g/mol. The second-order valence-electron chi connectivity index (χ2n) is 4.49. The van der Waals surface area contributed by atoms with Crippen LogP contribution >= 0.6 is 27.3 Å². The maximum absolute atomic E-state index is 12.2. The molecule has 1 atom stereocenters. The predicted octanol–water partition coefficient (Wildman–Crippen LogP) is 3.65. The fraction of sp³-hybridized carbons (Fsp3) is 0.214. The van der Waals surface area contributed by atoms with Crippen LogP contribution in [-0.2, 0) is 4.79 Å². The van der Waals surface area contributed by atoms with E-state index in [2.05, 4.69) is 26.2 Å². The first-order valence-corrected chi connectivity index (χ1v) is 7.76. The van der Waals surface area contributed by atoms with Crippen LogP contribution in [0, 0.1) is 6.92 Å². The number of carbonyl (C=O) groups is 2. The third-order valence-electron chi connectivity index (χ3n) is 2.88. The number of rotatable bonds is 4. The van der Waals surface area contributed by atoms with Crippen molar-refractivity contribution in [2.75, 3.05) is 5.32 Å². The van der Waals surface area contributed by atoms with Gasteiger partial charge >= 0.3 is 5.97 Å². The number of nitrogens with one attached hydrogen (secondary N) is 1. The first-order valence-electron chi connectivity index (χ1n) is 6.15. The van der Waals surface area contributed by atoms with Crippen molar-refractivity contribution in [1.29, 1.82) is 0 Å². The lowest BCUT2D eigenvalue weighted by atomic mass is 10.1. The maximum Gasteiger partial charge on any atom is 0.347 e. The Morgan fingerprint density at radius 1 is 1.33 bits per heavy atom. The number of nitrogens with zero attached hydrogens (tertiary/aromatic N) is 1. The molecule has 0 saturated heterocycles. The largest absolute Gasteiger partial charge is 0.477 e. The minimum atomic E-state index is -1.02.